The van der Waals surface area contributed by atoms with Gasteiger partial charge in [0.1, 0.15) is 11.6 Å². The molecule has 16 heavy (non-hydrogen) atoms. The SMILES string of the molecule is CSCc1nc2cc(C(=O)O)c(F)cc2[nH]1. The molecule has 1 aromatic carbocycles. The summed E-state index contributed by atoms with van der Waals surface area (Å²) in [4.78, 5) is 17.8. The van der Waals surface area contributed by atoms with E-state index in [1.165, 1.54) is 6.07 Å². The Kier molecular flexibility index (Phi) is 2.82. The van der Waals surface area contributed by atoms with Crippen molar-refractivity contribution in [3.8, 4) is 0 Å². The molecular weight excluding hydrogens is 231 g/mol. The number of nitrogens with one attached hydrogen (secondary N) is 1. The van der Waals surface area contributed by atoms with Crippen LogP contribution in [0.1, 0.15) is 16.2 Å². The minimum Gasteiger partial charge on any atom is -0.478 e. The monoisotopic (exact) mass is 240 g/mol. The lowest BCUT2D eigenvalue weighted by molar-refractivity contribution is 0.0692. The van der Waals surface area contributed by atoms with E-state index in [0.717, 1.165) is 6.07 Å². The van der Waals surface area contributed by atoms with E-state index in [1.807, 2.05) is 6.26 Å². The van der Waals surface area contributed by atoms with Crippen molar-refractivity contribution in [1.29, 1.82) is 0 Å². The number of imidazole rings is 1. The van der Waals surface area contributed by atoms with E-state index in [1.54, 1.807) is 11.8 Å². The zero-order chi connectivity index (χ0) is 11.7. The minimum absolute atomic E-state index is 0.352. The van der Waals surface area contributed by atoms with Gasteiger partial charge >= 0.3 is 5.97 Å². The lowest BCUT2D eigenvalue weighted by atomic mass is 10.2. The van der Waals surface area contributed by atoms with Crippen molar-refractivity contribution in [1.82, 2.24) is 9.97 Å². The van der Waals surface area contributed by atoms with Crippen molar-refractivity contribution in [3.63, 3.8) is 0 Å². The van der Waals surface area contributed by atoms with Crippen molar-refractivity contribution in [3.05, 3.63) is 29.3 Å². The molecule has 1 heterocycles. The number of hydrogen-bond donors (Lipinski definition) is 2. The average molecular weight is 240 g/mol. The largest absolute Gasteiger partial charge is 0.478 e. The summed E-state index contributed by atoms with van der Waals surface area (Å²) in [6.07, 6.45) is 1.93. The average Bonchev–Trinajstić information content (AvgIpc) is 2.58. The molecule has 0 unspecified atom stereocenters. The fourth-order valence-electron chi connectivity index (χ4n) is 1.45. The first kappa shape index (κ1) is 10.9. The third kappa shape index (κ3) is 1.88. The highest BCUT2D eigenvalue weighted by Gasteiger charge is 2.13. The molecule has 84 valence electrons. The number of thioether (sulfide) groups is 1. The molecule has 0 bridgehead atoms. The van der Waals surface area contributed by atoms with Crippen molar-refractivity contribution < 1.29 is 14.3 Å². The first-order valence-electron chi connectivity index (χ1n) is 4.52. The van der Waals surface area contributed by atoms with Crippen LogP contribution in [0.15, 0.2) is 12.1 Å². The van der Waals surface area contributed by atoms with Crippen molar-refractivity contribution in [2.24, 2.45) is 0 Å². The molecule has 0 amide bonds. The zero-order valence-corrected chi connectivity index (χ0v) is 9.27. The Morgan fingerprint density at radius 3 is 3.00 bits per heavy atom. The third-order valence-electron chi connectivity index (χ3n) is 2.13. The van der Waals surface area contributed by atoms with Crippen molar-refractivity contribution >= 4 is 28.8 Å². The van der Waals surface area contributed by atoms with Crippen LogP contribution in [0.4, 0.5) is 4.39 Å². The van der Waals surface area contributed by atoms with Gasteiger partial charge in [-0.1, -0.05) is 0 Å². The second-order valence-electron chi connectivity index (χ2n) is 3.27. The van der Waals surface area contributed by atoms with E-state index >= 15 is 0 Å². The smallest absolute Gasteiger partial charge is 0.338 e. The number of carboxylic acid groups (broad SMARTS) is 1. The number of H-pyrrole nitrogens is 1. The number of nitrogens with zero attached hydrogens (tertiary/aromatic N) is 1. The number of aromatic nitrogens is 2. The van der Waals surface area contributed by atoms with Gasteiger partial charge in [0, 0.05) is 6.07 Å². The van der Waals surface area contributed by atoms with E-state index in [2.05, 4.69) is 9.97 Å². The van der Waals surface area contributed by atoms with Gasteiger partial charge in [0.2, 0.25) is 0 Å². The lowest BCUT2D eigenvalue weighted by Gasteiger charge is -1.95. The van der Waals surface area contributed by atoms with E-state index in [4.69, 9.17) is 5.11 Å². The van der Waals surface area contributed by atoms with Crippen LogP contribution in [0.3, 0.4) is 0 Å². The Morgan fingerprint density at radius 1 is 1.62 bits per heavy atom. The van der Waals surface area contributed by atoms with Gasteiger partial charge in [-0.05, 0) is 12.3 Å². The highest BCUT2D eigenvalue weighted by atomic mass is 32.2. The maximum atomic E-state index is 13.3. The highest BCUT2D eigenvalue weighted by molar-refractivity contribution is 7.97. The first-order valence-corrected chi connectivity index (χ1v) is 5.91. The first-order chi connectivity index (χ1) is 7.61. The predicted octanol–water partition coefficient (Wildman–Crippen LogP) is 2.26. The molecular formula is C10H9FN2O2S. The number of aromatic amines is 1. The second kappa shape index (κ2) is 4.13. The predicted molar refractivity (Wildman–Crippen MR) is 60.2 cm³/mol. The molecule has 0 radical (unpaired) electrons. The molecule has 2 N–H and O–H groups in total. The molecule has 0 spiro atoms. The molecule has 0 aliphatic heterocycles. The molecule has 4 nitrogen and oxygen atoms in total. The standard InChI is InChI=1S/C10H9FN2O2S/c1-16-4-9-12-7-2-5(10(14)15)6(11)3-8(7)13-9/h2-3H,4H2,1H3,(H,12,13)(H,14,15). The third-order valence-corrected chi connectivity index (χ3v) is 2.69. The van der Waals surface area contributed by atoms with Crippen LogP contribution in [-0.4, -0.2) is 27.3 Å². The van der Waals surface area contributed by atoms with Gasteiger partial charge in [0.05, 0.1) is 22.3 Å². The van der Waals surface area contributed by atoms with Crippen LogP contribution in [0.2, 0.25) is 0 Å². The molecule has 2 aromatic rings. The Morgan fingerprint density at radius 2 is 2.38 bits per heavy atom. The molecule has 2 rings (SSSR count). The molecule has 0 atom stereocenters. The van der Waals surface area contributed by atoms with Crippen LogP contribution in [0, 0.1) is 5.82 Å². The second-order valence-corrected chi connectivity index (χ2v) is 4.14. The number of rotatable bonds is 3. The topological polar surface area (TPSA) is 66.0 Å². The summed E-state index contributed by atoms with van der Waals surface area (Å²) in [5.74, 6) is -0.642. The normalized spacial score (nSPS) is 10.9. The number of halogens is 1. The zero-order valence-electron chi connectivity index (χ0n) is 8.45. The van der Waals surface area contributed by atoms with Gasteiger partial charge in [-0.15, -0.1) is 0 Å². The molecule has 0 fully saturated rings. The van der Waals surface area contributed by atoms with Crippen molar-refractivity contribution in [2.75, 3.05) is 6.26 Å². The maximum absolute atomic E-state index is 13.3. The molecule has 0 saturated carbocycles. The number of hydrogen-bond acceptors (Lipinski definition) is 3. The summed E-state index contributed by atoms with van der Waals surface area (Å²) in [5.41, 5.74) is 0.643. The molecule has 0 saturated heterocycles. The van der Waals surface area contributed by atoms with Crippen LogP contribution in [-0.2, 0) is 5.75 Å². The van der Waals surface area contributed by atoms with Crippen LogP contribution < -0.4 is 0 Å². The fraction of sp³-hybridized carbons (Fsp3) is 0.200. The maximum Gasteiger partial charge on any atom is 0.338 e. The van der Waals surface area contributed by atoms with Gasteiger partial charge < -0.3 is 10.1 Å². The molecule has 1 aromatic heterocycles. The van der Waals surface area contributed by atoms with Gasteiger partial charge in [0.25, 0.3) is 0 Å². The van der Waals surface area contributed by atoms with E-state index in [-0.39, 0.29) is 5.56 Å². The van der Waals surface area contributed by atoms with E-state index in [0.29, 0.717) is 22.6 Å². The van der Waals surface area contributed by atoms with Crippen LogP contribution in [0.25, 0.3) is 11.0 Å². The fourth-order valence-corrected chi connectivity index (χ4v) is 1.86. The summed E-state index contributed by atoms with van der Waals surface area (Å²) in [7, 11) is 0. The number of fused-ring (bicyclic) bond motifs is 1. The highest BCUT2D eigenvalue weighted by Crippen LogP contribution is 2.19. The Labute approximate surface area is 94.9 Å². The van der Waals surface area contributed by atoms with Crippen LogP contribution in [0.5, 0.6) is 0 Å². The van der Waals surface area contributed by atoms with Gasteiger partial charge in [0.15, 0.2) is 0 Å². The Balaban J connectivity index is 2.56. The summed E-state index contributed by atoms with van der Waals surface area (Å²) in [5, 5.41) is 8.75. The minimum atomic E-state index is -1.28. The summed E-state index contributed by atoms with van der Waals surface area (Å²) in [6, 6.07) is 2.41. The summed E-state index contributed by atoms with van der Waals surface area (Å²) >= 11 is 1.58. The summed E-state index contributed by atoms with van der Waals surface area (Å²) in [6.45, 7) is 0. The van der Waals surface area contributed by atoms with Gasteiger partial charge in [-0.25, -0.2) is 14.2 Å². The molecule has 6 heteroatoms. The Bertz CT molecular complexity index is 553. The number of aromatic carboxylic acids is 1. The van der Waals surface area contributed by atoms with Crippen LogP contribution >= 0.6 is 11.8 Å². The van der Waals surface area contributed by atoms with Gasteiger partial charge in [-0.2, -0.15) is 11.8 Å². The quantitative estimate of drug-likeness (QED) is 0.863. The molecule has 0 aliphatic rings. The lowest BCUT2D eigenvalue weighted by Crippen LogP contribution is -1.99. The van der Waals surface area contributed by atoms with E-state index in [9.17, 15) is 9.18 Å². The number of benzene rings is 1. The van der Waals surface area contributed by atoms with E-state index < -0.39 is 11.8 Å². The number of carbonyl (C=O) groups is 1. The van der Waals surface area contributed by atoms with Crippen molar-refractivity contribution in [2.45, 2.75) is 5.75 Å². The number of carboxylic acids is 1. The Hall–Kier alpha value is -1.56. The van der Waals surface area contributed by atoms with Gasteiger partial charge in [-0.3, -0.25) is 0 Å². The summed E-state index contributed by atoms with van der Waals surface area (Å²) < 4.78 is 13.3. The molecule has 0 aliphatic carbocycles.